The van der Waals surface area contributed by atoms with Crippen LogP contribution in [-0.2, 0) is 6.54 Å². The highest BCUT2D eigenvalue weighted by molar-refractivity contribution is 7.09. The topological polar surface area (TPSA) is 24.9 Å². The number of hydrogen-bond acceptors (Lipinski definition) is 3. The Labute approximate surface area is 96.1 Å². The maximum absolute atomic E-state index is 4.30. The first kappa shape index (κ1) is 11.1. The Morgan fingerprint density at radius 2 is 2.33 bits per heavy atom. The van der Waals surface area contributed by atoms with Crippen molar-refractivity contribution in [2.75, 3.05) is 0 Å². The van der Waals surface area contributed by atoms with Crippen LogP contribution in [0.15, 0.2) is 11.6 Å². The Bertz CT molecular complexity index is 284. The van der Waals surface area contributed by atoms with Crippen LogP contribution >= 0.6 is 11.3 Å². The number of rotatable bonds is 3. The number of nitrogens with zero attached hydrogens (tertiary/aromatic N) is 1. The SMILES string of the molecule is CC1CCC(C)C(NCc2nccs2)C1. The van der Waals surface area contributed by atoms with Crippen molar-refractivity contribution in [3.05, 3.63) is 16.6 Å². The first-order valence-corrected chi connectivity index (χ1v) is 6.75. The minimum absolute atomic E-state index is 0.692. The summed E-state index contributed by atoms with van der Waals surface area (Å²) in [6.45, 7) is 5.68. The van der Waals surface area contributed by atoms with E-state index in [1.165, 1.54) is 24.3 Å². The minimum atomic E-state index is 0.692. The third-order valence-corrected chi connectivity index (χ3v) is 4.24. The largest absolute Gasteiger partial charge is 0.307 e. The van der Waals surface area contributed by atoms with Crippen LogP contribution in [0, 0.1) is 11.8 Å². The highest BCUT2D eigenvalue weighted by Gasteiger charge is 2.24. The molecule has 0 spiro atoms. The van der Waals surface area contributed by atoms with Crippen molar-refractivity contribution in [3.63, 3.8) is 0 Å². The summed E-state index contributed by atoms with van der Waals surface area (Å²) in [6, 6.07) is 0.692. The molecule has 1 heterocycles. The molecule has 1 aliphatic rings. The molecule has 1 aliphatic carbocycles. The highest BCUT2D eigenvalue weighted by atomic mass is 32.1. The summed E-state index contributed by atoms with van der Waals surface area (Å²) in [5, 5.41) is 6.91. The van der Waals surface area contributed by atoms with E-state index in [-0.39, 0.29) is 0 Å². The lowest BCUT2D eigenvalue weighted by Crippen LogP contribution is -2.39. The van der Waals surface area contributed by atoms with Gasteiger partial charge in [0.25, 0.3) is 0 Å². The average Bonchev–Trinajstić information content (AvgIpc) is 2.72. The zero-order valence-electron chi connectivity index (χ0n) is 9.57. The second-order valence-corrected chi connectivity index (χ2v) is 5.79. The van der Waals surface area contributed by atoms with Gasteiger partial charge in [0.2, 0.25) is 0 Å². The van der Waals surface area contributed by atoms with Crippen LogP contribution in [-0.4, -0.2) is 11.0 Å². The molecule has 84 valence electrons. The lowest BCUT2D eigenvalue weighted by atomic mass is 9.80. The summed E-state index contributed by atoms with van der Waals surface area (Å²) in [4.78, 5) is 4.30. The van der Waals surface area contributed by atoms with Crippen molar-refractivity contribution in [1.29, 1.82) is 0 Å². The summed E-state index contributed by atoms with van der Waals surface area (Å²) < 4.78 is 0. The molecule has 3 heteroatoms. The second kappa shape index (κ2) is 5.08. The number of nitrogens with one attached hydrogen (secondary N) is 1. The van der Waals surface area contributed by atoms with Crippen molar-refractivity contribution < 1.29 is 0 Å². The normalized spacial score (nSPS) is 31.7. The second-order valence-electron chi connectivity index (χ2n) is 4.81. The summed E-state index contributed by atoms with van der Waals surface area (Å²) >= 11 is 1.74. The molecule has 0 aliphatic heterocycles. The maximum atomic E-state index is 4.30. The fraction of sp³-hybridized carbons (Fsp3) is 0.750. The summed E-state index contributed by atoms with van der Waals surface area (Å²) in [5.41, 5.74) is 0. The summed E-state index contributed by atoms with van der Waals surface area (Å²) in [7, 11) is 0. The molecule has 0 radical (unpaired) electrons. The van der Waals surface area contributed by atoms with Gasteiger partial charge in [-0.25, -0.2) is 4.98 Å². The molecule has 1 aromatic heterocycles. The zero-order valence-corrected chi connectivity index (χ0v) is 10.4. The van der Waals surface area contributed by atoms with Crippen LogP contribution in [0.3, 0.4) is 0 Å². The Balaban J connectivity index is 1.82. The van der Waals surface area contributed by atoms with Gasteiger partial charge in [-0.2, -0.15) is 0 Å². The Morgan fingerprint density at radius 1 is 1.47 bits per heavy atom. The van der Waals surface area contributed by atoms with E-state index in [4.69, 9.17) is 0 Å². The molecular formula is C12H20N2S. The monoisotopic (exact) mass is 224 g/mol. The third-order valence-electron chi connectivity index (χ3n) is 3.46. The van der Waals surface area contributed by atoms with Crippen LogP contribution in [0.5, 0.6) is 0 Å². The molecule has 0 amide bonds. The summed E-state index contributed by atoms with van der Waals surface area (Å²) in [5.74, 6) is 1.70. The van der Waals surface area contributed by atoms with Gasteiger partial charge >= 0.3 is 0 Å². The van der Waals surface area contributed by atoms with Gasteiger partial charge in [0.1, 0.15) is 5.01 Å². The molecule has 1 aromatic rings. The van der Waals surface area contributed by atoms with Gasteiger partial charge < -0.3 is 5.32 Å². The fourth-order valence-electron chi connectivity index (χ4n) is 2.38. The fourth-order valence-corrected chi connectivity index (χ4v) is 2.94. The molecule has 2 nitrogen and oxygen atoms in total. The highest BCUT2D eigenvalue weighted by Crippen LogP contribution is 2.28. The van der Waals surface area contributed by atoms with E-state index in [1.807, 2.05) is 11.6 Å². The van der Waals surface area contributed by atoms with Crippen LogP contribution in [0.4, 0.5) is 0 Å². The quantitative estimate of drug-likeness (QED) is 0.853. The third kappa shape index (κ3) is 3.02. The van der Waals surface area contributed by atoms with E-state index < -0.39 is 0 Å². The number of thiazole rings is 1. The molecule has 3 atom stereocenters. The molecule has 2 rings (SSSR count). The van der Waals surface area contributed by atoms with Gasteiger partial charge in [-0.05, 0) is 24.7 Å². The van der Waals surface area contributed by atoms with E-state index in [9.17, 15) is 0 Å². The van der Waals surface area contributed by atoms with Crippen LogP contribution < -0.4 is 5.32 Å². The maximum Gasteiger partial charge on any atom is 0.106 e. The molecule has 0 bridgehead atoms. The lowest BCUT2D eigenvalue weighted by molar-refractivity contribution is 0.227. The molecule has 0 saturated heterocycles. The van der Waals surface area contributed by atoms with Crippen molar-refractivity contribution in [1.82, 2.24) is 10.3 Å². The van der Waals surface area contributed by atoms with Gasteiger partial charge in [-0.1, -0.05) is 20.3 Å². The Kier molecular flexibility index (Phi) is 3.76. The minimum Gasteiger partial charge on any atom is -0.307 e. The Hall–Kier alpha value is -0.410. The molecule has 1 N–H and O–H groups in total. The summed E-state index contributed by atoms with van der Waals surface area (Å²) in [6.07, 6.45) is 5.98. The van der Waals surface area contributed by atoms with E-state index in [2.05, 4.69) is 24.1 Å². The van der Waals surface area contributed by atoms with Crippen LogP contribution in [0.25, 0.3) is 0 Å². The molecule has 0 aromatic carbocycles. The van der Waals surface area contributed by atoms with E-state index in [1.54, 1.807) is 11.3 Å². The van der Waals surface area contributed by atoms with E-state index in [0.29, 0.717) is 6.04 Å². The molecule has 3 unspecified atom stereocenters. The lowest BCUT2D eigenvalue weighted by Gasteiger charge is -2.33. The van der Waals surface area contributed by atoms with Gasteiger partial charge in [-0.15, -0.1) is 11.3 Å². The van der Waals surface area contributed by atoms with Crippen molar-refractivity contribution in [3.8, 4) is 0 Å². The standard InChI is InChI=1S/C12H20N2S/c1-9-3-4-10(2)11(7-9)14-8-12-13-5-6-15-12/h5-6,9-11,14H,3-4,7-8H2,1-2H3. The Morgan fingerprint density at radius 3 is 3.07 bits per heavy atom. The van der Waals surface area contributed by atoms with Crippen molar-refractivity contribution >= 4 is 11.3 Å². The van der Waals surface area contributed by atoms with Gasteiger partial charge in [0.15, 0.2) is 0 Å². The first-order chi connectivity index (χ1) is 7.25. The van der Waals surface area contributed by atoms with Gasteiger partial charge in [-0.3, -0.25) is 0 Å². The predicted molar refractivity (Wildman–Crippen MR) is 64.9 cm³/mol. The molecule has 1 saturated carbocycles. The zero-order chi connectivity index (χ0) is 10.7. The van der Waals surface area contributed by atoms with E-state index >= 15 is 0 Å². The predicted octanol–water partition coefficient (Wildman–Crippen LogP) is 3.06. The number of hydrogen-bond donors (Lipinski definition) is 1. The van der Waals surface area contributed by atoms with Crippen LogP contribution in [0.1, 0.15) is 38.1 Å². The molecule has 15 heavy (non-hydrogen) atoms. The smallest absolute Gasteiger partial charge is 0.106 e. The number of aromatic nitrogens is 1. The van der Waals surface area contributed by atoms with Gasteiger partial charge in [0, 0.05) is 24.2 Å². The molecular weight excluding hydrogens is 204 g/mol. The van der Waals surface area contributed by atoms with Crippen LogP contribution in [0.2, 0.25) is 0 Å². The first-order valence-electron chi connectivity index (χ1n) is 5.87. The molecule has 1 fully saturated rings. The van der Waals surface area contributed by atoms with Crippen molar-refractivity contribution in [2.45, 2.75) is 45.7 Å². The van der Waals surface area contributed by atoms with Crippen molar-refractivity contribution in [2.24, 2.45) is 11.8 Å². The average molecular weight is 224 g/mol. The van der Waals surface area contributed by atoms with Gasteiger partial charge in [0.05, 0.1) is 0 Å². The van der Waals surface area contributed by atoms with E-state index in [0.717, 1.165) is 18.4 Å².